The Morgan fingerprint density at radius 1 is 1.14 bits per heavy atom. The van der Waals surface area contributed by atoms with Gasteiger partial charge in [0.1, 0.15) is 0 Å². The molecule has 22 heavy (non-hydrogen) atoms. The Labute approximate surface area is 130 Å². The van der Waals surface area contributed by atoms with Crippen molar-refractivity contribution < 1.29 is 32.7 Å². The highest BCUT2D eigenvalue weighted by atomic mass is 31.2. The van der Waals surface area contributed by atoms with Crippen LogP contribution in [0, 0.1) is 11.8 Å². The number of carbonyl (C=O) groups is 2. The molecule has 0 aromatic rings. The molecule has 0 spiro atoms. The molecular formula is C14H23O7P. The van der Waals surface area contributed by atoms with Gasteiger partial charge in [-0.1, -0.05) is 12.2 Å². The molecule has 126 valence electrons. The van der Waals surface area contributed by atoms with Crippen LogP contribution in [-0.4, -0.2) is 45.0 Å². The Bertz CT molecular complexity index is 480. The van der Waals surface area contributed by atoms with E-state index in [9.17, 15) is 14.2 Å². The summed E-state index contributed by atoms with van der Waals surface area (Å²) >= 11 is 0. The molecule has 1 fully saturated rings. The molecule has 7 nitrogen and oxygen atoms in total. The van der Waals surface area contributed by atoms with Crippen LogP contribution in [-0.2, 0) is 32.7 Å². The first kappa shape index (κ1) is 18.9. The van der Waals surface area contributed by atoms with Crippen molar-refractivity contribution in [2.75, 3.05) is 27.4 Å². The molecule has 0 unspecified atom stereocenters. The second-order valence-electron chi connectivity index (χ2n) is 4.85. The lowest BCUT2D eigenvalue weighted by Crippen LogP contribution is -2.35. The van der Waals surface area contributed by atoms with Crippen LogP contribution in [0.5, 0.6) is 0 Å². The normalized spacial score (nSPS) is 25.1. The summed E-state index contributed by atoms with van der Waals surface area (Å²) in [5.41, 5.74) is -0.459. The lowest BCUT2D eigenvalue weighted by atomic mass is 9.96. The van der Waals surface area contributed by atoms with E-state index in [0.717, 1.165) is 0 Å². The average Bonchev–Trinajstić information content (AvgIpc) is 2.85. The van der Waals surface area contributed by atoms with Gasteiger partial charge in [-0.25, -0.2) is 0 Å². The lowest BCUT2D eigenvalue weighted by molar-refractivity contribution is -0.158. The van der Waals surface area contributed by atoms with Gasteiger partial charge >= 0.3 is 19.5 Å². The lowest BCUT2D eigenvalue weighted by Gasteiger charge is -2.26. The van der Waals surface area contributed by atoms with Crippen LogP contribution in [0.25, 0.3) is 0 Å². The maximum atomic E-state index is 12.7. The van der Waals surface area contributed by atoms with E-state index < -0.39 is 37.0 Å². The van der Waals surface area contributed by atoms with E-state index >= 15 is 0 Å². The summed E-state index contributed by atoms with van der Waals surface area (Å²) in [7, 11) is -1.16. The number of allylic oxidation sites excluding steroid dienone is 1. The molecule has 1 aliphatic rings. The summed E-state index contributed by atoms with van der Waals surface area (Å²) in [4.78, 5) is 24.4. The third-order valence-corrected chi connectivity index (χ3v) is 6.06. The molecular weight excluding hydrogens is 311 g/mol. The van der Waals surface area contributed by atoms with Gasteiger partial charge in [-0.05, 0) is 20.3 Å². The highest BCUT2D eigenvalue weighted by Crippen LogP contribution is 2.62. The maximum Gasteiger partial charge on any atom is 0.338 e. The minimum atomic E-state index is -3.62. The number of esters is 2. The largest absolute Gasteiger partial charge is 0.466 e. The molecule has 0 amide bonds. The van der Waals surface area contributed by atoms with E-state index in [1.54, 1.807) is 13.8 Å². The standard InChI is InChI=1S/C14H23O7P/c1-6-20-13(15)10-8-9(3)12(22(17,18-4)19-5)11(10)14(16)21-7-2/h10-12H,3,6-8H2,1-2,4-5H3/t10-,11+,12+/m1/s1. The fraction of sp³-hybridized carbons (Fsp3) is 0.714. The first-order valence-electron chi connectivity index (χ1n) is 7.08. The van der Waals surface area contributed by atoms with Gasteiger partial charge in [0.15, 0.2) is 0 Å². The van der Waals surface area contributed by atoms with E-state index in [-0.39, 0.29) is 19.6 Å². The molecule has 0 aromatic carbocycles. The molecule has 0 heterocycles. The molecule has 0 bridgehead atoms. The van der Waals surface area contributed by atoms with E-state index in [2.05, 4.69) is 6.58 Å². The maximum absolute atomic E-state index is 12.7. The number of carbonyl (C=O) groups excluding carboxylic acids is 2. The number of rotatable bonds is 7. The molecule has 3 atom stereocenters. The van der Waals surface area contributed by atoms with Crippen LogP contribution in [0.4, 0.5) is 0 Å². The average molecular weight is 334 g/mol. The molecule has 0 saturated heterocycles. The molecule has 8 heteroatoms. The van der Waals surface area contributed by atoms with Crippen molar-refractivity contribution >= 4 is 19.5 Å². The quantitative estimate of drug-likeness (QED) is 0.400. The van der Waals surface area contributed by atoms with Crippen molar-refractivity contribution in [2.45, 2.75) is 25.9 Å². The van der Waals surface area contributed by atoms with Crippen LogP contribution in [0.3, 0.4) is 0 Å². The fourth-order valence-electron chi connectivity index (χ4n) is 2.74. The van der Waals surface area contributed by atoms with Crippen LogP contribution < -0.4 is 0 Å². The van der Waals surface area contributed by atoms with Crippen molar-refractivity contribution in [1.29, 1.82) is 0 Å². The van der Waals surface area contributed by atoms with Crippen molar-refractivity contribution in [2.24, 2.45) is 11.8 Å². The zero-order chi connectivity index (χ0) is 16.9. The second kappa shape index (κ2) is 7.90. The Kier molecular flexibility index (Phi) is 6.78. The SMILES string of the molecule is C=C1C[C@@H](C(=O)OCC)[C@H](C(=O)OCC)[C@H]1P(=O)(OC)OC. The van der Waals surface area contributed by atoms with Gasteiger partial charge in [-0.3, -0.25) is 14.2 Å². The molecule has 1 aliphatic carbocycles. The van der Waals surface area contributed by atoms with Gasteiger partial charge in [-0.2, -0.15) is 0 Å². The van der Waals surface area contributed by atoms with Crippen LogP contribution in [0.1, 0.15) is 20.3 Å². The predicted molar refractivity (Wildman–Crippen MR) is 79.4 cm³/mol. The van der Waals surface area contributed by atoms with Gasteiger partial charge in [0.05, 0.1) is 30.7 Å². The van der Waals surface area contributed by atoms with Crippen LogP contribution in [0.15, 0.2) is 12.2 Å². The predicted octanol–water partition coefficient (Wildman–Crippen LogP) is 2.16. The topological polar surface area (TPSA) is 88.1 Å². The molecule has 1 rings (SSSR count). The number of hydrogen-bond acceptors (Lipinski definition) is 7. The highest BCUT2D eigenvalue weighted by molar-refractivity contribution is 7.55. The third-order valence-electron chi connectivity index (χ3n) is 3.67. The van der Waals surface area contributed by atoms with Gasteiger partial charge < -0.3 is 18.5 Å². The second-order valence-corrected chi connectivity index (χ2v) is 7.21. The molecule has 0 aromatic heterocycles. The van der Waals surface area contributed by atoms with Gasteiger partial charge in [-0.15, -0.1) is 0 Å². The first-order valence-corrected chi connectivity index (χ1v) is 8.69. The minimum absolute atomic E-state index is 0.147. The summed E-state index contributed by atoms with van der Waals surface area (Å²) in [5.74, 6) is -2.95. The molecule has 0 aliphatic heterocycles. The van der Waals surface area contributed by atoms with Crippen molar-refractivity contribution in [1.82, 2.24) is 0 Å². The molecule has 0 radical (unpaired) electrons. The summed E-state index contributed by atoms with van der Waals surface area (Å²) in [6.07, 6.45) is 0.184. The van der Waals surface area contributed by atoms with Crippen molar-refractivity contribution in [3.63, 3.8) is 0 Å². The summed E-state index contributed by atoms with van der Waals surface area (Å²) in [5, 5.41) is 0. The van der Waals surface area contributed by atoms with E-state index in [1.165, 1.54) is 14.2 Å². The van der Waals surface area contributed by atoms with Gasteiger partial charge in [0.25, 0.3) is 0 Å². The molecule has 1 saturated carbocycles. The Hall–Kier alpha value is -1.17. The minimum Gasteiger partial charge on any atom is -0.466 e. The Balaban J connectivity index is 3.23. The monoisotopic (exact) mass is 334 g/mol. The van der Waals surface area contributed by atoms with Gasteiger partial charge in [0, 0.05) is 14.2 Å². The Morgan fingerprint density at radius 2 is 1.64 bits per heavy atom. The zero-order valence-electron chi connectivity index (χ0n) is 13.4. The summed E-state index contributed by atoms with van der Waals surface area (Å²) < 4.78 is 32.8. The fourth-order valence-corrected chi connectivity index (χ4v) is 4.62. The Morgan fingerprint density at radius 3 is 2.09 bits per heavy atom. The third kappa shape index (κ3) is 3.59. The van der Waals surface area contributed by atoms with E-state index in [0.29, 0.717) is 5.57 Å². The van der Waals surface area contributed by atoms with Crippen LogP contribution >= 0.6 is 7.60 Å². The van der Waals surface area contributed by atoms with Crippen LogP contribution in [0.2, 0.25) is 0 Å². The first-order chi connectivity index (χ1) is 10.4. The highest BCUT2D eigenvalue weighted by Gasteiger charge is 2.56. The summed E-state index contributed by atoms with van der Waals surface area (Å²) in [6.45, 7) is 7.50. The van der Waals surface area contributed by atoms with E-state index in [4.69, 9.17) is 18.5 Å². The number of hydrogen-bond donors (Lipinski definition) is 0. The number of ether oxygens (including phenoxy) is 2. The van der Waals surface area contributed by atoms with Gasteiger partial charge in [0.2, 0.25) is 0 Å². The summed E-state index contributed by atoms with van der Waals surface area (Å²) in [6, 6.07) is 0. The van der Waals surface area contributed by atoms with Crippen molar-refractivity contribution in [3.8, 4) is 0 Å². The van der Waals surface area contributed by atoms with Crippen molar-refractivity contribution in [3.05, 3.63) is 12.2 Å². The molecule has 0 N–H and O–H groups in total. The van der Waals surface area contributed by atoms with E-state index in [1.807, 2.05) is 0 Å². The smallest absolute Gasteiger partial charge is 0.338 e. The zero-order valence-corrected chi connectivity index (χ0v) is 14.3.